The van der Waals surface area contributed by atoms with Crippen molar-refractivity contribution in [2.45, 2.75) is 18.8 Å². The quantitative estimate of drug-likeness (QED) is 0.677. The molecule has 2 aromatic carbocycles. The van der Waals surface area contributed by atoms with Gasteiger partial charge in [-0.05, 0) is 37.1 Å². The molecular formula is C20H16F3N3O2. The minimum Gasteiger partial charge on any atom is -0.339 e. The Balaban J connectivity index is 1.53. The Morgan fingerprint density at radius 2 is 1.93 bits per heavy atom. The summed E-state index contributed by atoms with van der Waals surface area (Å²) >= 11 is 0. The number of aromatic nitrogens is 2. The maximum atomic E-state index is 13.9. The number of rotatable bonds is 3. The largest absolute Gasteiger partial charge is 0.339 e. The minimum atomic E-state index is -0.897. The number of likely N-dealkylation sites (tertiary alicyclic amines) is 1. The van der Waals surface area contributed by atoms with Gasteiger partial charge in [-0.2, -0.15) is 4.98 Å². The van der Waals surface area contributed by atoms with Crippen LogP contribution in [0.2, 0.25) is 0 Å². The third-order valence-electron chi connectivity index (χ3n) is 4.78. The summed E-state index contributed by atoms with van der Waals surface area (Å²) in [5.74, 6) is -2.41. The van der Waals surface area contributed by atoms with Crippen LogP contribution in [0.4, 0.5) is 13.2 Å². The van der Waals surface area contributed by atoms with E-state index in [0.29, 0.717) is 31.3 Å². The molecule has 1 aliphatic rings. The molecule has 0 aliphatic carbocycles. The molecule has 1 saturated heterocycles. The van der Waals surface area contributed by atoms with Crippen LogP contribution in [-0.2, 0) is 0 Å². The zero-order valence-corrected chi connectivity index (χ0v) is 14.7. The third-order valence-corrected chi connectivity index (χ3v) is 4.78. The van der Waals surface area contributed by atoms with Gasteiger partial charge in [-0.15, -0.1) is 0 Å². The standard InChI is InChI=1S/C20H16F3N3O2/c21-13-7-8-15(17(23)10-13)20(27)26-9-3-4-12(11-26)19-24-18(25-28-19)14-5-1-2-6-16(14)22/h1-2,5-8,10,12H,3-4,9,11H2. The summed E-state index contributed by atoms with van der Waals surface area (Å²) in [5.41, 5.74) is 0.0502. The summed E-state index contributed by atoms with van der Waals surface area (Å²) in [6, 6.07) is 8.98. The number of carbonyl (C=O) groups is 1. The number of halogens is 3. The maximum Gasteiger partial charge on any atom is 0.256 e. The molecule has 0 bridgehead atoms. The first-order valence-corrected chi connectivity index (χ1v) is 8.86. The molecule has 3 aromatic rings. The maximum absolute atomic E-state index is 13.9. The predicted molar refractivity (Wildman–Crippen MR) is 93.9 cm³/mol. The van der Waals surface area contributed by atoms with Crippen LogP contribution in [0, 0.1) is 17.5 Å². The van der Waals surface area contributed by atoms with E-state index in [1.807, 2.05) is 0 Å². The predicted octanol–water partition coefficient (Wildman–Crippen LogP) is 4.17. The average molecular weight is 387 g/mol. The Labute approximate surface area is 158 Å². The average Bonchev–Trinajstić information content (AvgIpc) is 3.18. The van der Waals surface area contributed by atoms with Crippen molar-refractivity contribution in [2.75, 3.05) is 13.1 Å². The smallest absolute Gasteiger partial charge is 0.256 e. The molecule has 1 amide bonds. The van der Waals surface area contributed by atoms with E-state index < -0.39 is 23.4 Å². The van der Waals surface area contributed by atoms with Crippen LogP contribution in [0.15, 0.2) is 47.0 Å². The second-order valence-corrected chi connectivity index (χ2v) is 6.65. The molecule has 1 fully saturated rings. The number of hydrogen-bond acceptors (Lipinski definition) is 4. The molecule has 2 heterocycles. The molecule has 5 nitrogen and oxygen atoms in total. The van der Waals surface area contributed by atoms with Gasteiger partial charge in [0.2, 0.25) is 11.7 Å². The van der Waals surface area contributed by atoms with Crippen LogP contribution in [0.5, 0.6) is 0 Å². The van der Waals surface area contributed by atoms with Crippen molar-refractivity contribution in [2.24, 2.45) is 0 Å². The van der Waals surface area contributed by atoms with E-state index in [9.17, 15) is 18.0 Å². The summed E-state index contributed by atoms with van der Waals surface area (Å²) in [7, 11) is 0. The van der Waals surface area contributed by atoms with Gasteiger partial charge < -0.3 is 9.42 Å². The van der Waals surface area contributed by atoms with E-state index in [4.69, 9.17) is 4.52 Å². The molecule has 1 aromatic heterocycles. The summed E-state index contributed by atoms with van der Waals surface area (Å²) in [6.07, 6.45) is 1.37. The van der Waals surface area contributed by atoms with Gasteiger partial charge in [-0.3, -0.25) is 4.79 Å². The fourth-order valence-corrected chi connectivity index (χ4v) is 3.35. The highest BCUT2D eigenvalue weighted by Gasteiger charge is 2.30. The molecule has 0 spiro atoms. The first kappa shape index (κ1) is 18.2. The van der Waals surface area contributed by atoms with Crippen LogP contribution < -0.4 is 0 Å². The topological polar surface area (TPSA) is 59.2 Å². The second kappa shape index (κ2) is 7.46. The number of carbonyl (C=O) groups excluding carboxylic acids is 1. The van der Waals surface area contributed by atoms with Crippen molar-refractivity contribution < 1.29 is 22.5 Å². The summed E-state index contributed by atoms with van der Waals surface area (Å²) < 4.78 is 46.2. The van der Waals surface area contributed by atoms with Gasteiger partial charge in [0.1, 0.15) is 17.5 Å². The molecule has 144 valence electrons. The molecule has 0 N–H and O–H groups in total. The van der Waals surface area contributed by atoms with Gasteiger partial charge in [-0.1, -0.05) is 17.3 Å². The van der Waals surface area contributed by atoms with E-state index in [0.717, 1.165) is 12.1 Å². The Hall–Kier alpha value is -3.16. The zero-order valence-electron chi connectivity index (χ0n) is 14.7. The van der Waals surface area contributed by atoms with Crippen molar-refractivity contribution >= 4 is 5.91 Å². The first-order chi connectivity index (χ1) is 13.5. The SMILES string of the molecule is O=C(c1ccc(F)cc1F)N1CCCC(c2nc(-c3ccccc3F)no2)C1. The van der Waals surface area contributed by atoms with Crippen molar-refractivity contribution in [1.82, 2.24) is 15.0 Å². The Morgan fingerprint density at radius 3 is 2.71 bits per heavy atom. The minimum absolute atomic E-state index is 0.140. The van der Waals surface area contributed by atoms with E-state index in [1.165, 1.54) is 11.0 Å². The van der Waals surface area contributed by atoms with Gasteiger partial charge in [0.15, 0.2) is 0 Å². The number of nitrogens with zero attached hydrogens (tertiary/aromatic N) is 3. The van der Waals surface area contributed by atoms with Gasteiger partial charge in [0.05, 0.1) is 17.0 Å². The van der Waals surface area contributed by atoms with E-state index in [1.54, 1.807) is 18.2 Å². The van der Waals surface area contributed by atoms with E-state index >= 15 is 0 Å². The van der Waals surface area contributed by atoms with Crippen LogP contribution in [0.3, 0.4) is 0 Å². The molecule has 28 heavy (non-hydrogen) atoms. The highest BCUT2D eigenvalue weighted by Crippen LogP contribution is 2.29. The lowest BCUT2D eigenvalue weighted by atomic mass is 9.97. The lowest BCUT2D eigenvalue weighted by Gasteiger charge is -2.31. The van der Waals surface area contributed by atoms with Gasteiger partial charge >= 0.3 is 0 Å². The van der Waals surface area contributed by atoms with E-state index in [2.05, 4.69) is 10.1 Å². The fourth-order valence-electron chi connectivity index (χ4n) is 3.35. The summed E-state index contributed by atoms with van der Waals surface area (Å²) in [4.78, 5) is 18.4. The highest BCUT2D eigenvalue weighted by molar-refractivity contribution is 5.94. The monoisotopic (exact) mass is 387 g/mol. The van der Waals surface area contributed by atoms with E-state index in [-0.39, 0.29) is 29.4 Å². The third kappa shape index (κ3) is 3.49. The second-order valence-electron chi connectivity index (χ2n) is 6.65. The Kier molecular flexibility index (Phi) is 4.85. The zero-order chi connectivity index (χ0) is 19.7. The summed E-state index contributed by atoms with van der Waals surface area (Å²) in [5, 5.41) is 3.84. The van der Waals surface area contributed by atoms with Crippen LogP contribution in [0.25, 0.3) is 11.4 Å². The molecule has 0 saturated carbocycles. The Morgan fingerprint density at radius 1 is 1.11 bits per heavy atom. The van der Waals surface area contributed by atoms with Crippen LogP contribution in [0.1, 0.15) is 35.0 Å². The summed E-state index contributed by atoms with van der Waals surface area (Å²) in [6.45, 7) is 0.703. The molecule has 1 unspecified atom stereocenters. The number of amides is 1. The molecule has 1 atom stereocenters. The van der Waals surface area contributed by atoms with Crippen molar-refractivity contribution in [3.8, 4) is 11.4 Å². The number of benzene rings is 2. The van der Waals surface area contributed by atoms with Gasteiger partial charge in [0.25, 0.3) is 5.91 Å². The fraction of sp³-hybridized carbons (Fsp3) is 0.250. The van der Waals surface area contributed by atoms with Crippen molar-refractivity contribution in [3.63, 3.8) is 0 Å². The molecular weight excluding hydrogens is 371 g/mol. The van der Waals surface area contributed by atoms with Crippen molar-refractivity contribution in [1.29, 1.82) is 0 Å². The van der Waals surface area contributed by atoms with Crippen LogP contribution in [-0.4, -0.2) is 34.0 Å². The lowest BCUT2D eigenvalue weighted by Crippen LogP contribution is -2.39. The Bertz CT molecular complexity index is 1020. The molecule has 8 heteroatoms. The van der Waals surface area contributed by atoms with Gasteiger partial charge in [-0.25, -0.2) is 13.2 Å². The lowest BCUT2D eigenvalue weighted by molar-refractivity contribution is 0.0691. The highest BCUT2D eigenvalue weighted by atomic mass is 19.1. The van der Waals surface area contributed by atoms with Gasteiger partial charge in [0, 0.05) is 19.2 Å². The molecule has 1 aliphatic heterocycles. The van der Waals surface area contributed by atoms with Crippen molar-refractivity contribution in [3.05, 3.63) is 71.4 Å². The normalized spacial score (nSPS) is 17.0. The molecule has 0 radical (unpaired) electrons. The number of piperidine rings is 1. The van der Waals surface area contributed by atoms with Crippen LogP contribution >= 0.6 is 0 Å². The first-order valence-electron chi connectivity index (χ1n) is 8.86. The molecule has 4 rings (SSSR count). The number of hydrogen-bond donors (Lipinski definition) is 0.